The lowest BCUT2D eigenvalue weighted by atomic mass is 10.3. The molecule has 0 saturated carbocycles. The molecule has 1 N–H and O–H groups in total. The van der Waals surface area contributed by atoms with Crippen molar-refractivity contribution in [1.82, 2.24) is 9.36 Å². The van der Waals surface area contributed by atoms with E-state index < -0.39 is 6.23 Å². The predicted molar refractivity (Wildman–Crippen MR) is 47.2 cm³/mol. The molecule has 0 aromatic carbocycles. The Hall–Kier alpha value is -1.27. The van der Waals surface area contributed by atoms with Gasteiger partial charge >= 0.3 is 0 Å². The molecular formula is C7H7N3O2S. The first-order valence-corrected chi connectivity index (χ1v) is 4.43. The van der Waals surface area contributed by atoms with Crippen LogP contribution in [-0.4, -0.2) is 26.6 Å². The lowest BCUT2D eigenvalue weighted by molar-refractivity contribution is -0.114. The summed E-state index contributed by atoms with van der Waals surface area (Å²) >= 11 is 1.08. The molecule has 0 radical (unpaired) electrons. The van der Waals surface area contributed by atoms with Crippen LogP contribution in [0.25, 0.3) is 0 Å². The summed E-state index contributed by atoms with van der Waals surface area (Å²) in [5, 5.41) is 10.00. The van der Waals surface area contributed by atoms with Gasteiger partial charge in [-0.25, -0.2) is 4.98 Å². The van der Waals surface area contributed by atoms with Gasteiger partial charge in [-0.3, -0.25) is 9.69 Å². The summed E-state index contributed by atoms with van der Waals surface area (Å²) in [6.45, 7) is 1.70. The fourth-order valence-corrected chi connectivity index (χ4v) is 1.70. The molecule has 2 rings (SSSR count). The zero-order chi connectivity index (χ0) is 9.42. The van der Waals surface area contributed by atoms with Crippen molar-refractivity contribution < 1.29 is 9.90 Å². The van der Waals surface area contributed by atoms with E-state index in [9.17, 15) is 9.90 Å². The van der Waals surface area contributed by atoms with Crippen molar-refractivity contribution in [3.8, 4) is 0 Å². The van der Waals surface area contributed by atoms with E-state index in [1.807, 2.05) is 0 Å². The monoisotopic (exact) mass is 197 g/mol. The lowest BCUT2D eigenvalue weighted by Gasteiger charge is -2.17. The minimum absolute atomic E-state index is 0.248. The molecule has 0 spiro atoms. The number of aliphatic hydroxyl groups excluding tert-OH is 1. The van der Waals surface area contributed by atoms with Gasteiger partial charge in [0.05, 0.1) is 0 Å². The average molecular weight is 197 g/mol. The van der Waals surface area contributed by atoms with Crippen LogP contribution in [0.15, 0.2) is 18.0 Å². The summed E-state index contributed by atoms with van der Waals surface area (Å²) in [5.41, 5.74) is 0.625. The summed E-state index contributed by atoms with van der Waals surface area (Å²) in [5.74, 6) is -0.248. The van der Waals surface area contributed by atoms with Crippen LogP contribution in [0.4, 0.5) is 5.13 Å². The standard InChI is InChI=1S/C7H7N3O2S/c1-4-2-5(11)10(6(4)12)7-8-3-9-13-7/h2-3,6,12H,1H3. The largest absolute Gasteiger partial charge is 0.369 e. The fourth-order valence-electron chi connectivity index (χ4n) is 1.14. The minimum atomic E-state index is -0.888. The number of aromatic nitrogens is 2. The van der Waals surface area contributed by atoms with Crippen molar-refractivity contribution >= 4 is 22.6 Å². The molecule has 1 aliphatic rings. The SMILES string of the molecule is CC1=CC(=O)N(c2ncns2)C1O. The van der Waals surface area contributed by atoms with Crippen molar-refractivity contribution in [3.63, 3.8) is 0 Å². The molecule has 1 unspecified atom stereocenters. The second kappa shape index (κ2) is 2.90. The number of carbonyl (C=O) groups excluding carboxylic acids is 1. The second-order valence-electron chi connectivity index (χ2n) is 2.69. The van der Waals surface area contributed by atoms with Crippen LogP contribution in [0.5, 0.6) is 0 Å². The third-order valence-corrected chi connectivity index (χ3v) is 2.46. The highest BCUT2D eigenvalue weighted by atomic mass is 32.1. The van der Waals surface area contributed by atoms with E-state index in [2.05, 4.69) is 9.36 Å². The molecule has 2 heterocycles. The first-order valence-electron chi connectivity index (χ1n) is 3.66. The van der Waals surface area contributed by atoms with Gasteiger partial charge in [-0.1, -0.05) is 0 Å². The summed E-state index contributed by atoms with van der Waals surface area (Å²) in [6, 6.07) is 0. The highest BCUT2D eigenvalue weighted by Gasteiger charge is 2.31. The normalized spacial score (nSPS) is 22.3. The Morgan fingerprint density at radius 1 is 1.69 bits per heavy atom. The number of nitrogens with zero attached hydrogens (tertiary/aromatic N) is 3. The highest BCUT2D eigenvalue weighted by molar-refractivity contribution is 7.09. The van der Waals surface area contributed by atoms with Gasteiger partial charge in [-0.05, 0) is 12.5 Å². The average Bonchev–Trinajstić information content (AvgIpc) is 2.63. The maximum absolute atomic E-state index is 11.3. The van der Waals surface area contributed by atoms with E-state index in [0.717, 1.165) is 11.5 Å². The van der Waals surface area contributed by atoms with Gasteiger partial charge in [0.15, 0.2) is 6.23 Å². The Labute approximate surface area is 78.5 Å². The molecule has 0 saturated heterocycles. The molecule has 0 fully saturated rings. The third kappa shape index (κ3) is 1.24. The number of amides is 1. The molecule has 6 heteroatoms. The third-order valence-electron chi connectivity index (χ3n) is 1.80. The van der Waals surface area contributed by atoms with E-state index in [1.54, 1.807) is 6.92 Å². The Morgan fingerprint density at radius 3 is 2.92 bits per heavy atom. The summed E-state index contributed by atoms with van der Waals surface area (Å²) < 4.78 is 3.76. The van der Waals surface area contributed by atoms with Gasteiger partial charge in [0.1, 0.15) is 6.33 Å². The van der Waals surface area contributed by atoms with Crippen molar-refractivity contribution in [1.29, 1.82) is 0 Å². The Balaban J connectivity index is 2.33. The highest BCUT2D eigenvalue weighted by Crippen LogP contribution is 2.25. The molecule has 1 amide bonds. The van der Waals surface area contributed by atoms with Gasteiger partial charge in [0.25, 0.3) is 5.91 Å². The topological polar surface area (TPSA) is 66.3 Å². The molecule has 68 valence electrons. The van der Waals surface area contributed by atoms with Gasteiger partial charge in [0.2, 0.25) is 5.13 Å². The Morgan fingerprint density at radius 2 is 2.46 bits per heavy atom. The van der Waals surface area contributed by atoms with E-state index >= 15 is 0 Å². The predicted octanol–water partition coefficient (Wildman–Crippen LogP) is 0.149. The lowest BCUT2D eigenvalue weighted by Crippen LogP contribution is -2.34. The van der Waals surface area contributed by atoms with Gasteiger partial charge < -0.3 is 5.11 Å². The van der Waals surface area contributed by atoms with Crippen LogP contribution < -0.4 is 4.90 Å². The van der Waals surface area contributed by atoms with Gasteiger partial charge in [-0.2, -0.15) is 4.37 Å². The van der Waals surface area contributed by atoms with Crippen LogP contribution in [-0.2, 0) is 4.79 Å². The number of anilines is 1. The smallest absolute Gasteiger partial charge is 0.255 e. The van der Waals surface area contributed by atoms with E-state index in [4.69, 9.17) is 0 Å². The van der Waals surface area contributed by atoms with Crippen molar-refractivity contribution in [2.75, 3.05) is 4.90 Å². The Kier molecular flexibility index (Phi) is 1.86. The number of carbonyl (C=O) groups is 1. The maximum atomic E-state index is 11.3. The molecular weight excluding hydrogens is 190 g/mol. The van der Waals surface area contributed by atoms with E-state index in [-0.39, 0.29) is 5.91 Å². The van der Waals surface area contributed by atoms with Crippen LogP contribution >= 0.6 is 11.5 Å². The molecule has 0 bridgehead atoms. The maximum Gasteiger partial charge on any atom is 0.255 e. The zero-order valence-electron chi connectivity index (χ0n) is 6.84. The van der Waals surface area contributed by atoms with E-state index in [0.29, 0.717) is 10.7 Å². The van der Waals surface area contributed by atoms with Crippen LogP contribution in [0.2, 0.25) is 0 Å². The number of hydrogen-bond donors (Lipinski definition) is 1. The zero-order valence-corrected chi connectivity index (χ0v) is 7.65. The number of aliphatic hydroxyl groups is 1. The molecule has 1 atom stereocenters. The summed E-state index contributed by atoms with van der Waals surface area (Å²) in [7, 11) is 0. The molecule has 5 nitrogen and oxygen atoms in total. The van der Waals surface area contributed by atoms with E-state index in [1.165, 1.54) is 17.3 Å². The summed E-state index contributed by atoms with van der Waals surface area (Å²) in [4.78, 5) is 16.4. The summed E-state index contributed by atoms with van der Waals surface area (Å²) in [6.07, 6.45) is 1.86. The van der Waals surface area contributed by atoms with Gasteiger partial charge in [-0.15, -0.1) is 0 Å². The van der Waals surface area contributed by atoms with Gasteiger partial charge in [0, 0.05) is 17.6 Å². The van der Waals surface area contributed by atoms with Crippen molar-refractivity contribution in [2.45, 2.75) is 13.2 Å². The molecule has 0 aliphatic carbocycles. The first-order chi connectivity index (χ1) is 6.20. The fraction of sp³-hybridized carbons (Fsp3) is 0.286. The van der Waals surface area contributed by atoms with Crippen molar-refractivity contribution in [2.24, 2.45) is 0 Å². The minimum Gasteiger partial charge on any atom is -0.369 e. The van der Waals surface area contributed by atoms with Crippen LogP contribution in [0, 0.1) is 0 Å². The second-order valence-corrected chi connectivity index (χ2v) is 3.45. The number of rotatable bonds is 1. The molecule has 1 aliphatic heterocycles. The van der Waals surface area contributed by atoms with Crippen molar-refractivity contribution in [3.05, 3.63) is 18.0 Å². The number of hydrogen-bond acceptors (Lipinski definition) is 5. The first kappa shape index (κ1) is 8.33. The quantitative estimate of drug-likeness (QED) is 0.696. The Bertz CT molecular complexity index is 360. The van der Waals surface area contributed by atoms with Crippen LogP contribution in [0.1, 0.15) is 6.92 Å². The molecule has 1 aromatic rings. The molecule has 1 aromatic heterocycles. The van der Waals surface area contributed by atoms with Crippen LogP contribution in [0.3, 0.4) is 0 Å². The molecule has 13 heavy (non-hydrogen) atoms.